The number of rotatable bonds is 6. The van der Waals surface area contributed by atoms with E-state index in [-0.39, 0.29) is 12.0 Å². The van der Waals surface area contributed by atoms with Crippen molar-refractivity contribution in [2.24, 2.45) is 0 Å². The molecule has 3 rings (SSSR count). The van der Waals surface area contributed by atoms with Gasteiger partial charge in [0.25, 0.3) is 5.91 Å². The first-order valence-electron chi connectivity index (χ1n) is 8.97. The average molecular weight is 396 g/mol. The second kappa shape index (κ2) is 8.76. The van der Waals surface area contributed by atoms with Gasteiger partial charge in [-0.05, 0) is 68.8 Å². The molecule has 0 spiro atoms. The highest BCUT2D eigenvalue weighted by molar-refractivity contribution is 6.31. The largest absolute Gasteiger partial charge is 0.491 e. The van der Waals surface area contributed by atoms with E-state index in [9.17, 15) is 4.79 Å². The molecule has 0 bridgehead atoms. The van der Waals surface area contributed by atoms with Crippen molar-refractivity contribution in [1.82, 2.24) is 4.98 Å². The Balaban J connectivity index is 1.71. The van der Waals surface area contributed by atoms with Crippen LogP contribution in [0.3, 0.4) is 0 Å². The third kappa shape index (κ3) is 5.02. The lowest BCUT2D eigenvalue weighted by Gasteiger charge is -2.12. The highest BCUT2D eigenvalue weighted by Crippen LogP contribution is 2.26. The predicted molar refractivity (Wildman–Crippen MR) is 114 cm³/mol. The maximum atomic E-state index is 12.6. The molecule has 0 fully saturated rings. The van der Waals surface area contributed by atoms with Crippen LogP contribution in [0.5, 0.6) is 5.75 Å². The predicted octanol–water partition coefficient (Wildman–Crippen LogP) is 5.83. The van der Waals surface area contributed by atoms with E-state index >= 15 is 0 Å². The Labute approximate surface area is 169 Å². The zero-order valence-electron chi connectivity index (χ0n) is 16.0. The number of nitrogens with one attached hydrogen (secondary N) is 2. The molecule has 28 heavy (non-hydrogen) atoms. The molecule has 6 heteroatoms. The summed E-state index contributed by atoms with van der Waals surface area (Å²) in [7, 11) is 0. The summed E-state index contributed by atoms with van der Waals surface area (Å²) < 4.78 is 5.61. The number of carbonyl (C=O) groups is 1. The molecule has 2 aromatic carbocycles. The summed E-state index contributed by atoms with van der Waals surface area (Å²) in [5.74, 6) is 0.522. The molecule has 1 amide bonds. The van der Waals surface area contributed by atoms with Gasteiger partial charge in [-0.25, -0.2) is 0 Å². The van der Waals surface area contributed by atoms with E-state index in [0.29, 0.717) is 22.0 Å². The van der Waals surface area contributed by atoms with E-state index in [1.807, 2.05) is 51.1 Å². The van der Waals surface area contributed by atoms with E-state index < -0.39 is 0 Å². The van der Waals surface area contributed by atoms with Crippen LogP contribution < -0.4 is 15.4 Å². The van der Waals surface area contributed by atoms with Crippen molar-refractivity contribution in [2.45, 2.75) is 26.9 Å². The first-order valence-corrected chi connectivity index (χ1v) is 9.35. The molecule has 5 nitrogen and oxygen atoms in total. The van der Waals surface area contributed by atoms with E-state index in [1.165, 1.54) is 6.20 Å². The number of ether oxygens (including phenoxy) is 1. The lowest BCUT2D eigenvalue weighted by atomic mass is 10.2. The fraction of sp³-hybridized carbons (Fsp3) is 0.182. The van der Waals surface area contributed by atoms with Crippen molar-refractivity contribution >= 4 is 34.6 Å². The monoisotopic (exact) mass is 395 g/mol. The van der Waals surface area contributed by atoms with Gasteiger partial charge < -0.3 is 15.4 Å². The highest BCUT2D eigenvalue weighted by atomic mass is 35.5. The number of aromatic nitrogens is 1. The number of hydrogen-bond donors (Lipinski definition) is 2. The molecule has 0 saturated heterocycles. The molecule has 144 valence electrons. The lowest BCUT2D eigenvalue weighted by Crippen LogP contribution is -2.12. The molecule has 3 aromatic rings. The SMILES string of the molecule is Cc1c(Cl)cccc1Nc1cncc(C(=O)Nc2ccc(OC(C)C)cc2)c1. The molecular weight excluding hydrogens is 374 g/mol. The zero-order valence-corrected chi connectivity index (χ0v) is 16.7. The molecule has 1 heterocycles. The number of nitrogens with zero attached hydrogens (tertiary/aromatic N) is 1. The Kier molecular flexibility index (Phi) is 6.16. The second-order valence-electron chi connectivity index (χ2n) is 6.64. The summed E-state index contributed by atoms with van der Waals surface area (Å²) in [5, 5.41) is 6.80. The fourth-order valence-corrected chi connectivity index (χ4v) is 2.80. The van der Waals surface area contributed by atoms with Crippen LogP contribution in [0.4, 0.5) is 17.1 Å². The first-order chi connectivity index (χ1) is 13.4. The third-order valence-corrected chi connectivity index (χ3v) is 4.44. The van der Waals surface area contributed by atoms with Crippen LogP contribution in [0.15, 0.2) is 60.9 Å². The van der Waals surface area contributed by atoms with E-state index in [2.05, 4.69) is 15.6 Å². The van der Waals surface area contributed by atoms with Crippen LogP contribution in [0.2, 0.25) is 5.02 Å². The lowest BCUT2D eigenvalue weighted by molar-refractivity contribution is 0.102. The maximum absolute atomic E-state index is 12.6. The van der Waals surface area contributed by atoms with Crippen LogP contribution in [-0.4, -0.2) is 17.0 Å². The number of amides is 1. The van der Waals surface area contributed by atoms with Crippen molar-refractivity contribution < 1.29 is 9.53 Å². The minimum Gasteiger partial charge on any atom is -0.491 e. The molecule has 0 radical (unpaired) electrons. The second-order valence-corrected chi connectivity index (χ2v) is 7.05. The molecule has 0 aliphatic carbocycles. The summed E-state index contributed by atoms with van der Waals surface area (Å²) in [5.41, 5.74) is 3.64. The fourth-order valence-electron chi connectivity index (χ4n) is 2.62. The number of hydrogen-bond acceptors (Lipinski definition) is 4. The summed E-state index contributed by atoms with van der Waals surface area (Å²) >= 11 is 6.16. The number of benzene rings is 2. The van der Waals surface area contributed by atoms with Gasteiger partial charge >= 0.3 is 0 Å². The molecule has 1 aromatic heterocycles. The van der Waals surface area contributed by atoms with Crippen molar-refractivity contribution in [3.05, 3.63) is 77.1 Å². The van der Waals surface area contributed by atoms with Gasteiger partial charge in [0.2, 0.25) is 0 Å². The molecule has 0 aliphatic rings. The van der Waals surface area contributed by atoms with Gasteiger partial charge in [-0.1, -0.05) is 17.7 Å². The Morgan fingerprint density at radius 3 is 2.54 bits per heavy atom. The smallest absolute Gasteiger partial charge is 0.257 e. The van der Waals surface area contributed by atoms with Gasteiger partial charge in [0.1, 0.15) is 5.75 Å². The third-order valence-electron chi connectivity index (χ3n) is 4.03. The van der Waals surface area contributed by atoms with Crippen molar-refractivity contribution in [3.8, 4) is 5.75 Å². The minimum absolute atomic E-state index is 0.102. The Hall–Kier alpha value is -3.05. The maximum Gasteiger partial charge on any atom is 0.257 e. The van der Waals surface area contributed by atoms with Gasteiger partial charge in [0, 0.05) is 22.6 Å². The number of carbonyl (C=O) groups excluding carboxylic acids is 1. The Morgan fingerprint density at radius 1 is 1.07 bits per heavy atom. The quantitative estimate of drug-likeness (QED) is 0.551. The molecule has 0 saturated carbocycles. The van der Waals surface area contributed by atoms with Crippen LogP contribution in [-0.2, 0) is 0 Å². The molecule has 2 N–H and O–H groups in total. The van der Waals surface area contributed by atoms with Gasteiger partial charge in [0.15, 0.2) is 0 Å². The zero-order chi connectivity index (χ0) is 20.1. The highest BCUT2D eigenvalue weighted by Gasteiger charge is 2.09. The van der Waals surface area contributed by atoms with Gasteiger partial charge in [-0.2, -0.15) is 0 Å². The van der Waals surface area contributed by atoms with Crippen LogP contribution >= 0.6 is 11.6 Å². The van der Waals surface area contributed by atoms with Gasteiger partial charge in [0.05, 0.1) is 23.6 Å². The minimum atomic E-state index is -0.239. The summed E-state index contributed by atoms with van der Waals surface area (Å²) in [6.45, 7) is 5.87. The topological polar surface area (TPSA) is 63.2 Å². The van der Waals surface area contributed by atoms with E-state index in [4.69, 9.17) is 16.3 Å². The van der Waals surface area contributed by atoms with Gasteiger partial charge in [-0.15, -0.1) is 0 Å². The number of halogens is 1. The van der Waals surface area contributed by atoms with Gasteiger partial charge in [-0.3, -0.25) is 9.78 Å². The van der Waals surface area contributed by atoms with Crippen LogP contribution in [0, 0.1) is 6.92 Å². The molecule has 0 atom stereocenters. The van der Waals surface area contributed by atoms with Crippen LogP contribution in [0.25, 0.3) is 0 Å². The summed E-state index contributed by atoms with van der Waals surface area (Å²) in [6.07, 6.45) is 3.29. The number of anilines is 3. The average Bonchev–Trinajstić information content (AvgIpc) is 2.67. The summed E-state index contributed by atoms with van der Waals surface area (Å²) in [4.78, 5) is 16.7. The normalized spacial score (nSPS) is 10.6. The molecular formula is C22H22ClN3O2. The van der Waals surface area contributed by atoms with Crippen molar-refractivity contribution in [3.63, 3.8) is 0 Å². The van der Waals surface area contributed by atoms with Crippen LogP contribution in [0.1, 0.15) is 29.8 Å². The van der Waals surface area contributed by atoms with Crippen molar-refractivity contribution in [2.75, 3.05) is 10.6 Å². The van der Waals surface area contributed by atoms with E-state index in [0.717, 1.165) is 17.0 Å². The number of pyridine rings is 1. The Morgan fingerprint density at radius 2 is 1.82 bits per heavy atom. The standard InChI is InChI=1S/C22H22ClN3O2/c1-14(2)28-19-9-7-17(8-10-19)26-22(27)16-11-18(13-24-12-16)25-21-6-4-5-20(23)15(21)3/h4-14,25H,1-3H3,(H,26,27). The van der Waals surface area contributed by atoms with E-state index in [1.54, 1.807) is 24.4 Å². The van der Waals surface area contributed by atoms with Crippen molar-refractivity contribution in [1.29, 1.82) is 0 Å². The Bertz CT molecular complexity index is 972. The summed E-state index contributed by atoms with van der Waals surface area (Å²) in [6, 6.07) is 14.6. The molecule has 0 aliphatic heterocycles. The first kappa shape index (κ1) is 19.7. The molecule has 0 unspecified atom stereocenters.